The highest BCUT2D eigenvalue weighted by Crippen LogP contribution is 2.32. The number of ether oxygens (including phenoxy) is 1. The van der Waals surface area contributed by atoms with Gasteiger partial charge in [0.05, 0.1) is 6.61 Å². The van der Waals surface area contributed by atoms with Gasteiger partial charge >= 0.3 is 0 Å². The molecule has 5 heteroatoms. The van der Waals surface area contributed by atoms with Crippen LogP contribution in [0, 0.1) is 11.7 Å². The molecule has 0 aliphatic heterocycles. The Hall–Kier alpha value is -1.13. The molecule has 1 aromatic rings. The summed E-state index contributed by atoms with van der Waals surface area (Å²) in [7, 11) is 1.60. The molecule has 0 atom stereocenters. The molecule has 1 aliphatic rings. The van der Waals surface area contributed by atoms with Gasteiger partial charge in [0.15, 0.2) is 0 Å². The topological polar surface area (TPSA) is 29.5 Å². The molecular weight excluding hydrogens is 269 g/mol. The lowest BCUT2D eigenvalue weighted by Crippen LogP contribution is -2.34. The Morgan fingerprint density at radius 1 is 1.53 bits per heavy atom. The highest BCUT2D eigenvalue weighted by atomic mass is 35.5. The molecule has 104 valence electrons. The third-order valence-corrected chi connectivity index (χ3v) is 3.53. The summed E-state index contributed by atoms with van der Waals surface area (Å²) in [6.45, 7) is 1.41. The van der Waals surface area contributed by atoms with E-state index in [9.17, 15) is 9.18 Å². The van der Waals surface area contributed by atoms with Gasteiger partial charge in [0.25, 0.3) is 0 Å². The minimum absolute atomic E-state index is 0.137. The predicted molar refractivity (Wildman–Crippen MR) is 71.4 cm³/mol. The van der Waals surface area contributed by atoms with Crippen molar-refractivity contribution in [3.8, 4) is 0 Å². The van der Waals surface area contributed by atoms with Crippen LogP contribution in [0.15, 0.2) is 18.2 Å². The molecule has 2 rings (SSSR count). The molecule has 1 aliphatic carbocycles. The van der Waals surface area contributed by atoms with Crippen LogP contribution in [0.25, 0.3) is 0 Å². The molecule has 19 heavy (non-hydrogen) atoms. The molecule has 0 unspecified atom stereocenters. The van der Waals surface area contributed by atoms with E-state index in [0.717, 1.165) is 18.4 Å². The molecule has 0 spiro atoms. The van der Waals surface area contributed by atoms with Crippen LogP contribution in [-0.2, 0) is 16.1 Å². The number of amides is 1. The SMILES string of the molecule is COCCN(Cc1ccc(F)cc1Cl)C(=O)C1CC1. The predicted octanol–water partition coefficient (Wildman–Crippen LogP) is 2.86. The zero-order valence-corrected chi connectivity index (χ0v) is 11.6. The summed E-state index contributed by atoms with van der Waals surface area (Å²) in [4.78, 5) is 13.9. The summed E-state index contributed by atoms with van der Waals surface area (Å²) in [6.07, 6.45) is 1.92. The van der Waals surface area contributed by atoms with Gasteiger partial charge in [-0.25, -0.2) is 4.39 Å². The van der Waals surface area contributed by atoms with E-state index in [1.165, 1.54) is 12.1 Å². The number of carbonyl (C=O) groups is 1. The van der Waals surface area contributed by atoms with Crippen molar-refractivity contribution >= 4 is 17.5 Å². The average Bonchev–Trinajstić information content (AvgIpc) is 3.20. The van der Waals surface area contributed by atoms with E-state index in [0.29, 0.717) is 24.7 Å². The zero-order valence-electron chi connectivity index (χ0n) is 10.9. The monoisotopic (exact) mass is 285 g/mol. The molecule has 0 heterocycles. The second-order valence-corrected chi connectivity index (χ2v) is 5.17. The van der Waals surface area contributed by atoms with E-state index in [2.05, 4.69) is 0 Å². The van der Waals surface area contributed by atoms with E-state index in [1.54, 1.807) is 18.1 Å². The Labute approximate surface area is 117 Å². The maximum Gasteiger partial charge on any atom is 0.226 e. The number of carbonyl (C=O) groups excluding carboxylic acids is 1. The molecule has 0 radical (unpaired) electrons. The smallest absolute Gasteiger partial charge is 0.226 e. The number of nitrogens with zero attached hydrogens (tertiary/aromatic N) is 1. The third-order valence-electron chi connectivity index (χ3n) is 3.18. The van der Waals surface area contributed by atoms with Crippen molar-refractivity contribution in [1.29, 1.82) is 0 Å². The van der Waals surface area contributed by atoms with Gasteiger partial charge < -0.3 is 9.64 Å². The van der Waals surface area contributed by atoms with Crippen molar-refractivity contribution in [2.75, 3.05) is 20.3 Å². The Morgan fingerprint density at radius 3 is 2.84 bits per heavy atom. The Bertz CT molecular complexity index is 463. The molecule has 1 saturated carbocycles. The highest BCUT2D eigenvalue weighted by molar-refractivity contribution is 6.31. The maximum atomic E-state index is 13.0. The molecule has 0 N–H and O–H groups in total. The molecule has 0 bridgehead atoms. The van der Waals surface area contributed by atoms with Crippen molar-refractivity contribution in [3.63, 3.8) is 0 Å². The van der Waals surface area contributed by atoms with Gasteiger partial charge in [-0.1, -0.05) is 17.7 Å². The number of methoxy groups -OCH3 is 1. The molecule has 1 aromatic carbocycles. The van der Waals surface area contributed by atoms with E-state index in [4.69, 9.17) is 16.3 Å². The van der Waals surface area contributed by atoms with Crippen molar-refractivity contribution in [1.82, 2.24) is 4.90 Å². The van der Waals surface area contributed by atoms with Gasteiger partial charge in [-0.2, -0.15) is 0 Å². The first-order chi connectivity index (χ1) is 9.11. The fraction of sp³-hybridized carbons (Fsp3) is 0.500. The maximum absolute atomic E-state index is 13.0. The fourth-order valence-electron chi connectivity index (χ4n) is 1.91. The lowest BCUT2D eigenvalue weighted by molar-refractivity contribution is -0.133. The largest absolute Gasteiger partial charge is 0.383 e. The van der Waals surface area contributed by atoms with E-state index in [1.807, 2.05) is 0 Å². The van der Waals surface area contributed by atoms with Crippen molar-refractivity contribution in [2.45, 2.75) is 19.4 Å². The van der Waals surface area contributed by atoms with Crippen molar-refractivity contribution in [3.05, 3.63) is 34.6 Å². The Balaban J connectivity index is 2.07. The Kier molecular flexibility index (Phi) is 4.77. The van der Waals surface area contributed by atoms with Gasteiger partial charge in [0, 0.05) is 31.1 Å². The van der Waals surface area contributed by atoms with Gasteiger partial charge in [0.1, 0.15) is 5.82 Å². The summed E-state index contributed by atoms with van der Waals surface area (Å²) in [5, 5.41) is 0.353. The molecular formula is C14H17ClFNO2. The average molecular weight is 286 g/mol. The number of rotatable bonds is 6. The van der Waals surface area contributed by atoms with Crippen molar-refractivity contribution < 1.29 is 13.9 Å². The van der Waals surface area contributed by atoms with E-state index < -0.39 is 0 Å². The number of hydrogen-bond acceptors (Lipinski definition) is 2. The van der Waals surface area contributed by atoms with Crippen LogP contribution in [0.2, 0.25) is 5.02 Å². The highest BCUT2D eigenvalue weighted by Gasteiger charge is 2.33. The molecule has 0 saturated heterocycles. The van der Waals surface area contributed by atoms with Crippen LogP contribution < -0.4 is 0 Å². The van der Waals surface area contributed by atoms with Crippen LogP contribution in [0.1, 0.15) is 18.4 Å². The first-order valence-corrected chi connectivity index (χ1v) is 6.71. The molecule has 3 nitrogen and oxygen atoms in total. The standard InChI is InChI=1S/C14H17ClFNO2/c1-19-7-6-17(14(18)10-2-3-10)9-11-4-5-12(16)8-13(11)15/h4-5,8,10H,2-3,6-7,9H2,1H3. The molecule has 1 fully saturated rings. The van der Waals surface area contributed by atoms with Gasteiger partial charge in [-0.15, -0.1) is 0 Å². The zero-order chi connectivity index (χ0) is 13.8. The van der Waals surface area contributed by atoms with E-state index >= 15 is 0 Å². The summed E-state index contributed by atoms with van der Waals surface area (Å²) in [6, 6.07) is 4.25. The van der Waals surface area contributed by atoms with E-state index in [-0.39, 0.29) is 17.6 Å². The van der Waals surface area contributed by atoms with Crippen LogP contribution in [0.4, 0.5) is 4.39 Å². The summed E-state index contributed by atoms with van der Waals surface area (Å²) in [5.74, 6) is -0.0840. The van der Waals surface area contributed by atoms with Gasteiger partial charge in [-0.05, 0) is 30.5 Å². The lowest BCUT2D eigenvalue weighted by Gasteiger charge is -2.23. The first-order valence-electron chi connectivity index (χ1n) is 6.33. The molecule has 0 aromatic heterocycles. The minimum Gasteiger partial charge on any atom is -0.383 e. The van der Waals surface area contributed by atoms with Gasteiger partial charge in [0.2, 0.25) is 5.91 Å². The lowest BCUT2D eigenvalue weighted by atomic mass is 10.2. The number of hydrogen-bond donors (Lipinski definition) is 0. The summed E-state index contributed by atoms with van der Waals surface area (Å²) in [5.41, 5.74) is 0.758. The summed E-state index contributed by atoms with van der Waals surface area (Å²) < 4.78 is 18.0. The third kappa shape index (κ3) is 3.91. The fourth-order valence-corrected chi connectivity index (χ4v) is 2.14. The van der Waals surface area contributed by atoms with Crippen molar-refractivity contribution in [2.24, 2.45) is 5.92 Å². The Morgan fingerprint density at radius 2 is 2.26 bits per heavy atom. The second kappa shape index (κ2) is 6.35. The number of benzene rings is 1. The second-order valence-electron chi connectivity index (χ2n) is 4.76. The van der Waals surface area contributed by atoms with Crippen LogP contribution >= 0.6 is 11.6 Å². The molecule has 1 amide bonds. The summed E-state index contributed by atoms with van der Waals surface area (Å²) >= 11 is 6.00. The normalized spacial score (nSPS) is 14.5. The van der Waals surface area contributed by atoms with Crippen LogP contribution in [0.5, 0.6) is 0 Å². The quantitative estimate of drug-likeness (QED) is 0.804. The van der Waals surface area contributed by atoms with Crippen LogP contribution in [-0.4, -0.2) is 31.1 Å². The number of halogens is 2. The minimum atomic E-state index is -0.370. The first kappa shape index (κ1) is 14.3. The van der Waals surface area contributed by atoms with Gasteiger partial charge in [-0.3, -0.25) is 4.79 Å². The van der Waals surface area contributed by atoms with Crippen LogP contribution in [0.3, 0.4) is 0 Å².